The van der Waals surface area contributed by atoms with Crippen molar-refractivity contribution in [1.82, 2.24) is 4.98 Å². The van der Waals surface area contributed by atoms with E-state index in [0.717, 1.165) is 6.07 Å². The normalized spacial score (nSPS) is 9.78. The Labute approximate surface area is 102 Å². The molecule has 1 aromatic heterocycles. The average molecular weight is 242 g/mol. The van der Waals surface area contributed by atoms with Crippen molar-refractivity contribution in [3.05, 3.63) is 53.5 Å². The zero-order valence-corrected chi connectivity index (χ0v) is 9.09. The fourth-order valence-corrected chi connectivity index (χ4v) is 1.57. The molecule has 0 aliphatic rings. The van der Waals surface area contributed by atoms with E-state index in [1.54, 1.807) is 0 Å². The maximum absolute atomic E-state index is 13.7. The Hall–Kier alpha value is -2.74. The predicted octanol–water partition coefficient (Wildman–Crippen LogP) is 2.46. The van der Waals surface area contributed by atoms with Gasteiger partial charge in [-0.1, -0.05) is 0 Å². The van der Waals surface area contributed by atoms with Crippen LogP contribution >= 0.6 is 0 Å². The maximum atomic E-state index is 13.7. The maximum Gasteiger partial charge on any atom is 0.337 e. The zero-order valence-electron chi connectivity index (χ0n) is 9.09. The lowest BCUT2D eigenvalue weighted by Gasteiger charge is -2.06. The molecule has 88 valence electrons. The minimum absolute atomic E-state index is 0.00653. The number of carboxylic acids is 1. The van der Waals surface area contributed by atoms with Crippen LogP contribution in [-0.4, -0.2) is 16.1 Å². The Morgan fingerprint density at radius 3 is 2.83 bits per heavy atom. The highest BCUT2D eigenvalue weighted by Crippen LogP contribution is 2.25. The SMILES string of the molecule is N#Cc1ccc(F)c(-c2ncccc2C(=O)O)c1. The minimum atomic E-state index is -1.19. The first-order valence-corrected chi connectivity index (χ1v) is 5.02. The van der Waals surface area contributed by atoms with E-state index in [-0.39, 0.29) is 22.4 Å². The Morgan fingerprint density at radius 1 is 1.39 bits per heavy atom. The lowest BCUT2D eigenvalue weighted by atomic mass is 10.0. The Balaban J connectivity index is 2.69. The van der Waals surface area contributed by atoms with Gasteiger partial charge in [0.1, 0.15) is 5.82 Å². The molecule has 0 aliphatic carbocycles. The highest BCUT2D eigenvalue weighted by molar-refractivity contribution is 5.94. The van der Waals surface area contributed by atoms with Crippen LogP contribution in [0.1, 0.15) is 15.9 Å². The number of halogens is 1. The van der Waals surface area contributed by atoms with Crippen molar-refractivity contribution < 1.29 is 14.3 Å². The number of hydrogen-bond acceptors (Lipinski definition) is 3. The molecule has 0 saturated carbocycles. The Bertz CT molecular complexity index is 662. The Kier molecular flexibility index (Phi) is 3.02. The van der Waals surface area contributed by atoms with Gasteiger partial charge in [-0.25, -0.2) is 9.18 Å². The molecular weight excluding hydrogens is 235 g/mol. The predicted molar refractivity (Wildman–Crippen MR) is 61.3 cm³/mol. The molecule has 0 fully saturated rings. The van der Waals surface area contributed by atoms with Crippen LogP contribution in [0.5, 0.6) is 0 Å². The summed E-state index contributed by atoms with van der Waals surface area (Å²) < 4.78 is 13.7. The van der Waals surface area contributed by atoms with E-state index in [4.69, 9.17) is 10.4 Å². The molecule has 1 heterocycles. The molecule has 0 spiro atoms. The first-order valence-electron chi connectivity index (χ1n) is 5.02. The van der Waals surface area contributed by atoms with Gasteiger partial charge in [-0.2, -0.15) is 5.26 Å². The fraction of sp³-hybridized carbons (Fsp3) is 0. The quantitative estimate of drug-likeness (QED) is 0.877. The number of nitrogens with zero attached hydrogens (tertiary/aromatic N) is 2. The molecule has 0 radical (unpaired) electrons. The van der Waals surface area contributed by atoms with Gasteiger partial charge in [0.05, 0.1) is 22.9 Å². The van der Waals surface area contributed by atoms with E-state index in [2.05, 4.69) is 4.98 Å². The zero-order chi connectivity index (χ0) is 13.1. The largest absolute Gasteiger partial charge is 0.478 e. The second kappa shape index (κ2) is 4.63. The summed E-state index contributed by atoms with van der Waals surface area (Å²) in [5.74, 6) is -1.81. The number of aromatic nitrogens is 1. The van der Waals surface area contributed by atoms with Crippen molar-refractivity contribution in [1.29, 1.82) is 5.26 Å². The molecule has 0 bridgehead atoms. The Morgan fingerprint density at radius 2 is 2.17 bits per heavy atom. The van der Waals surface area contributed by atoms with Crippen LogP contribution < -0.4 is 0 Å². The first-order chi connectivity index (χ1) is 8.63. The van der Waals surface area contributed by atoms with Crippen molar-refractivity contribution in [3.8, 4) is 17.3 Å². The molecular formula is C13H7FN2O2. The summed E-state index contributed by atoms with van der Waals surface area (Å²) in [7, 11) is 0. The molecule has 4 nitrogen and oxygen atoms in total. The highest BCUT2D eigenvalue weighted by Gasteiger charge is 2.16. The van der Waals surface area contributed by atoms with Crippen LogP contribution in [0.15, 0.2) is 36.5 Å². The third kappa shape index (κ3) is 2.04. The van der Waals surface area contributed by atoms with Crippen molar-refractivity contribution in [2.45, 2.75) is 0 Å². The van der Waals surface area contributed by atoms with E-state index in [1.165, 1.54) is 30.5 Å². The molecule has 0 aliphatic heterocycles. The van der Waals surface area contributed by atoms with Gasteiger partial charge in [0.15, 0.2) is 0 Å². The van der Waals surface area contributed by atoms with Gasteiger partial charge in [-0.3, -0.25) is 4.98 Å². The van der Waals surface area contributed by atoms with Gasteiger partial charge >= 0.3 is 5.97 Å². The van der Waals surface area contributed by atoms with Crippen molar-refractivity contribution >= 4 is 5.97 Å². The summed E-state index contributed by atoms with van der Waals surface area (Å²) in [5, 5.41) is 17.8. The first kappa shape index (κ1) is 11.7. The molecule has 5 heteroatoms. The van der Waals surface area contributed by atoms with E-state index < -0.39 is 11.8 Å². The number of benzene rings is 1. The number of rotatable bonds is 2. The summed E-state index contributed by atoms with van der Waals surface area (Å²) in [6.45, 7) is 0. The third-order valence-electron chi connectivity index (χ3n) is 2.39. The highest BCUT2D eigenvalue weighted by atomic mass is 19.1. The molecule has 2 aromatic rings. The van der Waals surface area contributed by atoms with Crippen LogP contribution in [-0.2, 0) is 0 Å². The van der Waals surface area contributed by atoms with Gasteiger partial charge < -0.3 is 5.11 Å². The summed E-state index contributed by atoms with van der Waals surface area (Å²) in [6.07, 6.45) is 1.38. The topological polar surface area (TPSA) is 74.0 Å². The average Bonchev–Trinajstić information content (AvgIpc) is 2.39. The number of carboxylic acid groups (broad SMARTS) is 1. The van der Waals surface area contributed by atoms with Gasteiger partial charge in [-0.15, -0.1) is 0 Å². The summed E-state index contributed by atoms with van der Waals surface area (Å²) >= 11 is 0. The molecule has 1 N–H and O–H groups in total. The van der Waals surface area contributed by atoms with Gasteiger partial charge in [-0.05, 0) is 30.3 Å². The van der Waals surface area contributed by atoms with Crippen LogP contribution in [0.3, 0.4) is 0 Å². The second-order valence-electron chi connectivity index (χ2n) is 3.51. The smallest absolute Gasteiger partial charge is 0.337 e. The number of nitriles is 1. The van der Waals surface area contributed by atoms with Crippen molar-refractivity contribution in [3.63, 3.8) is 0 Å². The number of carbonyl (C=O) groups is 1. The number of hydrogen-bond donors (Lipinski definition) is 1. The molecule has 0 atom stereocenters. The third-order valence-corrected chi connectivity index (χ3v) is 2.39. The number of pyridine rings is 1. The van der Waals surface area contributed by atoms with E-state index in [1.807, 2.05) is 6.07 Å². The van der Waals surface area contributed by atoms with Gasteiger partial charge in [0.25, 0.3) is 0 Å². The summed E-state index contributed by atoms with van der Waals surface area (Å²) in [4.78, 5) is 14.9. The summed E-state index contributed by atoms with van der Waals surface area (Å²) in [6, 6.07) is 8.39. The molecule has 18 heavy (non-hydrogen) atoms. The van der Waals surface area contributed by atoms with Gasteiger partial charge in [0, 0.05) is 11.8 Å². The standard InChI is InChI=1S/C13H7FN2O2/c14-11-4-3-8(7-15)6-10(11)12-9(13(17)18)2-1-5-16-12/h1-6H,(H,17,18). The number of aromatic carboxylic acids is 1. The second-order valence-corrected chi connectivity index (χ2v) is 3.51. The molecule has 1 aromatic carbocycles. The van der Waals surface area contributed by atoms with Crippen molar-refractivity contribution in [2.24, 2.45) is 0 Å². The lowest BCUT2D eigenvalue weighted by Crippen LogP contribution is -2.02. The van der Waals surface area contributed by atoms with E-state index in [0.29, 0.717) is 0 Å². The molecule has 0 unspecified atom stereocenters. The van der Waals surface area contributed by atoms with E-state index in [9.17, 15) is 9.18 Å². The summed E-state index contributed by atoms with van der Waals surface area (Å²) in [5.41, 5.74) is 0.159. The lowest BCUT2D eigenvalue weighted by molar-refractivity contribution is 0.0697. The van der Waals surface area contributed by atoms with Crippen molar-refractivity contribution in [2.75, 3.05) is 0 Å². The van der Waals surface area contributed by atoms with Crippen LogP contribution in [0, 0.1) is 17.1 Å². The molecule has 2 rings (SSSR count). The van der Waals surface area contributed by atoms with Crippen LogP contribution in [0.2, 0.25) is 0 Å². The fourth-order valence-electron chi connectivity index (χ4n) is 1.57. The van der Waals surface area contributed by atoms with E-state index >= 15 is 0 Å². The molecule has 0 saturated heterocycles. The van der Waals surface area contributed by atoms with Gasteiger partial charge in [0.2, 0.25) is 0 Å². The van der Waals surface area contributed by atoms with Crippen LogP contribution in [0.4, 0.5) is 4.39 Å². The minimum Gasteiger partial charge on any atom is -0.478 e. The monoisotopic (exact) mass is 242 g/mol. The van der Waals surface area contributed by atoms with Crippen LogP contribution in [0.25, 0.3) is 11.3 Å². The molecule has 0 amide bonds.